The Morgan fingerprint density at radius 3 is 2.80 bits per heavy atom. The van der Waals surface area contributed by atoms with Gasteiger partial charge in [0.2, 0.25) is 5.78 Å². The van der Waals surface area contributed by atoms with Crippen LogP contribution in [-0.2, 0) is 17.9 Å². The van der Waals surface area contributed by atoms with Crippen LogP contribution in [0, 0.1) is 0 Å². The van der Waals surface area contributed by atoms with Crippen LogP contribution in [0.25, 0.3) is 10.8 Å². The van der Waals surface area contributed by atoms with Gasteiger partial charge in [-0.05, 0) is 6.07 Å². The van der Waals surface area contributed by atoms with Crippen molar-refractivity contribution in [3.8, 4) is 0 Å². The van der Waals surface area contributed by atoms with E-state index in [4.69, 9.17) is 0 Å². The summed E-state index contributed by atoms with van der Waals surface area (Å²) in [5, 5.41) is 5.90. The van der Waals surface area contributed by atoms with Crippen LogP contribution in [0.2, 0.25) is 0 Å². The number of fused-ring (bicyclic) bond motifs is 1. The molecule has 20 heavy (non-hydrogen) atoms. The van der Waals surface area contributed by atoms with Crippen molar-refractivity contribution >= 4 is 22.8 Å². The minimum absolute atomic E-state index is 0.367. The van der Waals surface area contributed by atoms with Gasteiger partial charge in [0.15, 0.2) is 6.29 Å². The second-order valence-electron chi connectivity index (χ2n) is 4.51. The Bertz CT molecular complexity index is 757. The van der Waals surface area contributed by atoms with E-state index in [2.05, 4.69) is 5.10 Å². The van der Waals surface area contributed by atoms with Crippen molar-refractivity contribution in [3.63, 3.8) is 0 Å². The van der Waals surface area contributed by atoms with E-state index in [1.807, 2.05) is 47.3 Å². The summed E-state index contributed by atoms with van der Waals surface area (Å²) in [6.45, 7) is 1.23. The van der Waals surface area contributed by atoms with Crippen LogP contribution in [0.4, 0.5) is 0 Å². The molecule has 0 fully saturated rings. The summed E-state index contributed by atoms with van der Waals surface area (Å²) in [6.07, 6.45) is 5.84. The second kappa shape index (κ2) is 5.13. The molecule has 2 heterocycles. The average molecular weight is 267 g/mol. The molecule has 100 valence electrons. The molecule has 0 aliphatic carbocycles. The van der Waals surface area contributed by atoms with Gasteiger partial charge in [0, 0.05) is 35.9 Å². The smallest absolute Gasteiger partial charge is 0.242 e. The maximum absolute atomic E-state index is 11.9. The zero-order valence-electron chi connectivity index (χ0n) is 10.8. The summed E-state index contributed by atoms with van der Waals surface area (Å²) in [6, 6.07) is 9.42. The highest BCUT2D eigenvalue weighted by atomic mass is 16.2. The molecule has 5 nitrogen and oxygen atoms in total. The van der Waals surface area contributed by atoms with Crippen LogP contribution in [0.1, 0.15) is 10.5 Å². The number of nitrogens with zero attached hydrogens (tertiary/aromatic N) is 3. The summed E-state index contributed by atoms with van der Waals surface area (Å²) in [7, 11) is 0. The number of aromatic nitrogens is 3. The molecule has 5 heteroatoms. The molecule has 0 radical (unpaired) electrons. The number of benzene rings is 1. The fourth-order valence-corrected chi connectivity index (χ4v) is 2.36. The summed E-state index contributed by atoms with van der Waals surface area (Å²) in [5.74, 6) is -0.494. The number of carbonyl (C=O) groups excluding carboxylic acids is 2. The molecule has 0 unspecified atom stereocenters. The third-order valence-electron chi connectivity index (χ3n) is 3.27. The molecular weight excluding hydrogens is 254 g/mol. The first-order valence-corrected chi connectivity index (χ1v) is 6.34. The number of rotatable bonds is 5. The number of aryl methyl sites for hydroxylation is 2. The topological polar surface area (TPSA) is 56.9 Å². The van der Waals surface area contributed by atoms with Gasteiger partial charge in [-0.3, -0.25) is 14.3 Å². The van der Waals surface area contributed by atoms with Gasteiger partial charge in [-0.2, -0.15) is 5.10 Å². The van der Waals surface area contributed by atoms with Crippen molar-refractivity contribution in [2.75, 3.05) is 0 Å². The number of hydrogen-bond donors (Lipinski definition) is 0. The van der Waals surface area contributed by atoms with E-state index in [1.54, 1.807) is 10.9 Å². The molecule has 3 rings (SSSR count). The van der Waals surface area contributed by atoms with Crippen LogP contribution < -0.4 is 0 Å². The predicted octanol–water partition coefficient (Wildman–Crippen LogP) is 1.92. The van der Waals surface area contributed by atoms with E-state index in [-0.39, 0.29) is 0 Å². The summed E-state index contributed by atoms with van der Waals surface area (Å²) in [4.78, 5) is 22.7. The van der Waals surface area contributed by atoms with Gasteiger partial charge in [0.05, 0.1) is 6.54 Å². The van der Waals surface area contributed by atoms with Crippen molar-refractivity contribution in [1.82, 2.24) is 14.3 Å². The third kappa shape index (κ3) is 2.14. The predicted molar refractivity (Wildman–Crippen MR) is 74.6 cm³/mol. The van der Waals surface area contributed by atoms with E-state index < -0.39 is 5.78 Å². The average Bonchev–Trinajstić information content (AvgIpc) is 3.11. The molecule has 0 aliphatic heterocycles. The Morgan fingerprint density at radius 2 is 2.05 bits per heavy atom. The van der Waals surface area contributed by atoms with Crippen LogP contribution in [0.3, 0.4) is 0 Å². The van der Waals surface area contributed by atoms with Crippen molar-refractivity contribution in [2.45, 2.75) is 13.1 Å². The van der Waals surface area contributed by atoms with Crippen molar-refractivity contribution in [3.05, 3.63) is 54.6 Å². The van der Waals surface area contributed by atoms with Crippen LogP contribution in [0.15, 0.2) is 48.9 Å². The van der Waals surface area contributed by atoms with Crippen molar-refractivity contribution in [2.24, 2.45) is 0 Å². The first-order valence-electron chi connectivity index (χ1n) is 6.34. The molecule has 0 saturated heterocycles. The fourth-order valence-electron chi connectivity index (χ4n) is 2.36. The molecule has 0 bridgehead atoms. The number of carbonyl (C=O) groups is 2. The van der Waals surface area contributed by atoms with Crippen LogP contribution in [-0.4, -0.2) is 26.4 Å². The van der Waals surface area contributed by atoms with E-state index in [0.29, 0.717) is 25.1 Å². The van der Waals surface area contributed by atoms with E-state index in [0.717, 1.165) is 10.8 Å². The van der Waals surface area contributed by atoms with E-state index in [9.17, 15) is 9.59 Å². The van der Waals surface area contributed by atoms with E-state index in [1.165, 1.54) is 0 Å². The third-order valence-corrected chi connectivity index (χ3v) is 3.27. The first-order chi connectivity index (χ1) is 9.79. The van der Waals surface area contributed by atoms with Gasteiger partial charge in [-0.15, -0.1) is 0 Å². The number of Topliss-reactive ketones (excluding diaryl/α,β-unsaturated/α-hetero) is 1. The van der Waals surface area contributed by atoms with Crippen LogP contribution in [0.5, 0.6) is 0 Å². The lowest BCUT2D eigenvalue weighted by Crippen LogP contribution is -2.13. The minimum Gasteiger partial charge on any atom is -0.342 e. The Kier molecular flexibility index (Phi) is 3.16. The van der Waals surface area contributed by atoms with Crippen molar-refractivity contribution in [1.29, 1.82) is 0 Å². The lowest BCUT2D eigenvalue weighted by molar-refractivity contribution is -0.104. The molecule has 0 atom stereocenters. The maximum atomic E-state index is 11.9. The number of ketones is 1. The Morgan fingerprint density at radius 1 is 1.20 bits per heavy atom. The first kappa shape index (κ1) is 12.3. The van der Waals surface area contributed by atoms with Gasteiger partial charge < -0.3 is 4.57 Å². The highest BCUT2D eigenvalue weighted by molar-refractivity contribution is 6.35. The quantitative estimate of drug-likeness (QED) is 0.403. The number of aldehydes is 1. The Hall–Kier alpha value is -2.69. The summed E-state index contributed by atoms with van der Waals surface area (Å²) < 4.78 is 3.61. The van der Waals surface area contributed by atoms with Gasteiger partial charge in [0.25, 0.3) is 0 Å². The maximum Gasteiger partial charge on any atom is 0.242 e. The Labute approximate surface area is 115 Å². The molecule has 3 aromatic rings. The molecule has 0 aliphatic rings. The fraction of sp³-hybridized carbons (Fsp3) is 0.133. The molecule has 0 spiro atoms. The standard InChI is InChI=1S/C15H13N3O2/c19-11-14(20)15-13-5-2-1-4-12(13)10-17(15)8-9-18-7-3-6-16-18/h1-7,10-11H,8-9H2. The molecule has 2 aromatic heterocycles. The molecule has 0 amide bonds. The molecule has 0 saturated carbocycles. The van der Waals surface area contributed by atoms with E-state index >= 15 is 0 Å². The zero-order valence-corrected chi connectivity index (χ0v) is 10.8. The van der Waals surface area contributed by atoms with Gasteiger partial charge in [-0.25, -0.2) is 0 Å². The summed E-state index contributed by atoms with van der Waals surface area (Å²) >= 11 is 0. The lowest BCUT2D eigenvalue weighted by Gasteiger charge is -2.07. The highest BCUT2D eigenvalue weighted by Crippen LogP contribution is 2.21. The largest absolute Gasteiger partial charge is 0.342 e. The lowest BCUT2D eigenvalue weighted by atomic mass is 10.1. The van der Waals surface area contributed by atoms with Crippen molar-refractivity contribution < 1.29 is 9.59 Å². The second-order valence-corrected chi connectivity index (χ2v) is 4.51. The highest BCUT2D eigenvalue weighted by Gasteiger charge is 2.15. The molecular formula is C15H13N3O2. The zero-order chi connectivity index (χ0) is 13.9. The van der Waals surface area contributed by atoms with Gasteiger partial charge >= 0.3 is 0 Å². The van der Waals surface area contributed by atoms with Gasteiger partial charge in [-0.1, -0.05) is 24.3 Å². The molecule has 0 N–H and O–H groups in total. The molecule has 1 aromatic carbocycles. The SMILES string of the molecule is O=CC(=O)c1c2ccccc2cn1CCn1cccn1. The van der Waals surface area contributed by atoms with Gasteiger partial charge in [0.1, 0.15) is 5.69 Å². The van der Waals surface area contributed by atoms with Crippen LogP contribution >= 0.6 is 0 Å². The normalized spacial score (nSPS) is 10.8. The summed E-state index contributed by atoms with van der Waals surface area (Å²) in [5.41, 5.74) is 0.447. The monoisotopic (exact) mass is 267 g/mol. The Balaban J connectivity index is 2.00. The minimum atomic E-state index is -0.494. The number of hydrogen-bond acceptors (Lipinski definition) is 3.